The van der Waals surface area contributed by atoms with Crippen LogP contribution in [0.4, 0.5) is 5.13 Å². The third-order valence-electron chi connectivity index (χ3n) is 3.72. The van der Waals surface area contributed by atoms with E-state index in [1.54, 1.807) is 6.07 Å². The van der Waals surface area contributed by atoms with Crippen molar-refractivity contribution in [3.05, 3.63) is 63.8 Å². The highest BCUT2D eigenvalue weighted by Gasteiger charge is 2.11. The molecule has 0 aliphatic rings. The first-order valence-corrected chi connectivity index (χ1v) is 9.57. The van der Waals surface area contributed by atoms with Crippen LogP contribution in [0.5, 0.6) is 0 Å². The predicted molar refractivity (Wildman–Crippen MR) is 105 cm³/mol. The van der Waals surface area contributed by atoms with Gasteiger partial charge in [0, 0.05) is 6.07 Å². The van der Waals surface area contributed by atoms with E-state index in [1.165, 1.54) is 33.4 Å². The number of carbonyl (C=O) groups is 1. The SMILES string of the molecule is Cc1ccc2nc(NC(=O)Cn3nc(-c4cccs4)ccc3=O)sc2c1. The number of nitrogens with zero attached hydrogens (tertiary/aromatic N) is 3. The molecule has 0 radical (unpaired) electrons. The number of aromatic nitrogens is 3. The van der Waals surface area contributed by atoms with Crippen LogP contribution < -0.4 is 10.9 Å². The summed E-state index contributed by atoms with van der Waals surface area (Å²) in [7, 11) is 0. The molecule has 1 aromatic carbocycles. The van der Waals surface area contributed by atoms with Gasteiger partial charge in [-0.1, -0.05) is 23.5 Å². The molecule has 4 rings (SSSR count). The third kappa shape index (κ3) is 3.42. The molecule has 8 heteroatoms. The van der Waals surface area contributed by atoms with E-state index < -0.39 is 0 Å². The second kappa shape index (κ2) is 6.81. The van der Waals surface area contributed by atoms with Crippen LogP contribution in [0.1, 0.15) is 5.56 Å². The Balaban J connectivity index is 1.54. The predicted octanol–water partition coefficient (Wildman–Crippen LogP) is 3.53. The number of fused-ring (bicyclic) bond motifs is 1. The molecule has 0 aliphatic carbocycles. The van der Waals surface area contributed by atoms with E-state index in [2.05, 4.69) is 15.4 Å². The molecule has 1 amide bonds. The molecule has 1 N–H and O–H groups in total. The molecule has 26 heavy (non-hydrogen) atoms. The average molecular weight is 382 g/mol. The maximum Gasteiger partial charge on any atom is 0.267 e. The summed E-state index contributed by atoms with van der Waals surface area (Å²) in [5.74, 6) is -0.335. The summed E-state index contributed by atoms with van der Waals surface area (Å²) in [6.07, 6.45) is 0. The number of rotatable bonds is 4. The Bertz CT molecular complexity index is 1150. The number of benzene rings is 1. The number of thiophene rings is 1. The lowest BCUT2D eigenvalue weighted by Crippen LogP contribution is -2.29. The van der Waals surface area contributed by atoms with Gasteiger partial charge in [0.05, 0.1) is 15.1 Å². The highest BCUT2D eigenvalue weighted by atomic mass is 32.1. The fraction of sp³-hybridized carbons (Fsp3) is 0.111. The summed E-state index contributed by atoms with van der Waals surface area (Å²) < 4.78 is 2.18. The molecule has 6 nitrogen and oxygen atoms in total. The van der Waals surface area contributed by atoms with Gasteiger partial charge < -0.3 is 5.32 Å². The van der Waals surface area contributed by atoms with Crippen LogP contribution in [0.15, 0.2) is 52.6 Å². The van der Waals surface area contributed by atoms with Gasteiger partial charge in [-0.15, -0.1) is 11.3 Å². The van der Waals surface area contributed by atoms with Crippen LogP contribution in [0.3, 0.4) is 0 Å². The molecule has 0 saturated carbocycles. The fourth-order valence-electron chi connectivity index (χ4n) is 2.50. The lowest BCUT2D eigenvalue weighted by molar-refractivity contribution is -0.117. The Morgan fingerprint density at radius 3 is 2.92 bits per heavy atom. The van der Waals surface area contributed by atoms with Gasteiger partial charge in [0.1, 0.15) is 12.2 Å². The molecule has 0 saturated heterocycles. The zero-order valence-corrected chi connectivity index (χ0v) is 15.4. The first-order valence-electron chi connectivity index (χ1n) is 7.87. The molecular weight excluding hydrogens is 368 g/mol. The van der Waals surface area contributed by atoms with Gasteiger partial charge in [0.15, 0.2) is 5.13 Å². The molecule has 0 fully saturated rings. The third-order valence-corrected chi connectivity index (χ3v) is 5.55. The van der Waals surface area contributed by atoms with Crippen molar-refractivity contribution in [1.82, 2.24) is 14.8 Å². The minimum absolute atomic E-state index is 0.160. The maximum atomic E-state index is 12.3. The first kappa shape index (κ1) is 16.6. The van der Waals surface area contributed by atoms with E-state index >= 15 is 0 Å². The minimum Gasteiger partial charge on any atom is -0.300 e. The summed E-state index contributed by atoms with van der Waals surface area (Å²) in [5, 5.41) is 9.49. The normalized spacial score (nSPS) is 11.0. The molecule has 0 spiro atoms. The van der Waals surface area contributed by atoms with E-state index in [4.69, 9.17) is 0 Å². The maximum absolute atomic E-state index is 12.3. The average Bonchev–Trinajstić information content (AvgIpc) is 3.25. The van der Waals surface area contributed by atoms with Crippen LogP contribution in [-0.2, 0) is 11.3 Å². The zero-order chi connectivity index (χ0) is 18.1. The highest BCUT2D eigenvalue weighted by Crippen LogP contribution is 2.26. The molecule has 0 aliphatic heterocycles. The van der Waals surface area contributed by atoms with Gasteiger partial charge in [-0.3, -0.25) is 9.59 Å². The summed E-state index contributed by atoms with van der Waals surface area (Å²) >= 11 is 2.94. The van der Waals surface area contributed by atoms with Crippen LogP contribution >= 0.6 is 22.7 Å². The molecule has 130 valence electrons. The Labute approximate surface area is 156 Å². The second-order valence-electron chi connectivity index (χ2n) is 5.73. The molecule has 3 heterocycles. The Hall–Kier alpha value is -2.84. The molecule has 3 aromatic heterocycles. The summed E-state index contributed by atoms with van der Waals surface area (Å²) in [6, 6.07) is 12.9. The van der Waals surface area contributed by atoms with Gasteiger partial charge in [-0.25, -0.2) is 9.67 Å². The van der Waals surface area contributed by atoms with E-state index in [-0.39, 0.29) is 18.0 Å². The van der Waals surface area contributed by atoms with Gasteiger partial charge in [0.25, 0.3) is 5.56 Å². The monoisotopic (exact) mass is 382 g/mol. The number of amides is 1. The number of hydrogen-bond donors (Lipinski definition) is 1. The number of thiazole rings is 1. The molecule has 0 unspecified atom stereocenters. The van der Waals surface area contributed by atoms with Crippen LogP contribution in [0, 0.1) is 6.92 Å². The first-order chi connectivity index (χ1) is 12.6. The lowest BCUT2D eigenvalue weighted by atomic mass is 10.2. The van der Waals surface area contributed by atoms with Gasteiger partial charge in [0.2, 0.25) is 5.91 Å². The van der Waals surface area contributed by atoms with Crippen molar-refractivity contribution in [1.29, 1.82) is 0 Å². The van der Waals surface area contributed by atoms with E-state index in [1.807, 2.05) is 42.6 Å². The van der Waals surface area contributed by atoms with Crippen LogP contribution in [-0.4, -0.2) is 20.7 Å². The van der Waals surface area contributed by atoms with Gasteiger partial charge >= 0.3 is 0 Å². The van der Waals surface area contributed by atoms with Crippen molar-refractivity contribution in [3.8, 4) is 10.6 Å². The zero-order valence-electron chi connectivity index (χ0n) is 13.8. The number of nitrogens with one attached hydrogen (secondary N) is 1. The summed E-state index contributed by atoms with van der Waals surface area (Å²) in [4.78, 5) is 29.7. The molecule has 0 atom stereocenters. The van der Waals surface area contributed by atoms with Crippen LogP contribution in [0.25, 0.3) is 20.8 Å². The van der Waals surface area contributed by atoms with Crippen molar-refractivity contribution < 1.29 is 4.79 Å². The number of anilines is 1. The Morgan fingerprint density at radius 1 is 1.23 bits per heavy atom. The minimum atomic E-state index is -0.335. The van der Waals surface area contributed by atoms with E-state index in [9.17, 15) is 9.59 Å². The van der Waals surface area contributed by atoms with E-state index in [0.717, 1.165) is 20.7 Å². The number of hydrogen-bond acceptors (Lipinski definition) is 6. The van der Waals surface area contributed by atoms with Crippen molar-refractivity contribution in [2.45, 2.75) is 13.5 Å². The topological polar surface area (TPSA) is 76.9 Å². The molecular formula is C18H14N4O2S2. The quantitative estimate of drug-likeness (QED) is 0.586. The smallest absolute Gasteiger partial charge is 0.267 e. The lowest BCUT2D eigenvalue weighted by Gasteiger charge is -2.05. The van der Waals surface area contributed by atoms with E-state index in [0.29, 0.717) is 10.8 Å². The van der Waals surface area contributed by atoms with Gasteiger partial charge in [-0.2, -0.15) is 5.10 Å². The Morgan fingerprint density at radius 2 is 2.12 bits per heavy atom. The van der Waals surface area contributed by atoms with Crippen molar-refractivity contribution >= 4 is 43.9 Å². The second-order valence-corrected chi connectivity index (χ2v) is 7.71. The highest BCUT2D eigenvalue weighted by molar-refractivity contribution is 7.22. The summed E-state index contributed by atoms with van der Waals surface area (Å²) in [6.45, 7) is 1.85. The molecule has 0 bridgehead atoms. The number of carbonyl (C=O) groups excluding carboxylic acids is 1. The van der Waals surface area contributed by atoms with Crippen molar-refractivity contribution in [2.75, 3.05) is 5.32 Å². The van der Waals surface area contributed by atoms with Crippen molar-refractivity contribution in [2.24, 2.45) is 0 Å². The standard InChI is InChI=1S/C18H14N4O2S2/c1-11-4-5-12-15(9-11)26-18(19-12)20-16(23)10-22-17(24)7-6-13(21-22)14-3-2-8-25-14/h2-9H,10H2,1H3,(H,19,20,23). The molecule has 4 aromatic rings. The Kier molecular flexibility index (Phi) is 4.36. The van der Waals surface area contributed by atoms with Crippen LogP contribution in [0.2, 0.25) is 0 Å². The van der Waals surface area contributed by atoms with Gasteiger partial charge in [-0.05, 0) is 42.1 Å². The largest absolute Gasteiger partial charge is 0.300 e. The summed E-state index contributed by atoms with van der Waals surface area (Å²) in [5.41, 5.74) is 2.33. The number of aryl methyl sites for hydroxylation is 1. The van der Waals surface area contributed by atoms with Crippen molar-refractivity contribution in [3.63, 3.8) is 0 Å². The fourth-order valence-corrected chi connectivity index (χ4v) is 4.17.